The van der Waals surface area contributed by atoms with Crippen LogP contribution in [0.1, 0.15) is 10.4 Å². The van der Waals surface area contributed by atoms with Crippen LogP contribution in [-0.2, 0) is 16.1 Å². The van der Waals surface area contributed by atoms with Gasteiger partial charge in [0.2, 0.25) is 11.6 Å². The van der Waals surface area contributed by atoms with Gasteiger partial charge in [0.25, 0.3) is 0 Å². The summed E-state index contributed by atoms with van der Waals surface area (Å²) in [5, 5.41) is 12.4. The van der Waals surface area contributed by atoms with E-state index in [9.17, 15) is 9.59 Å². The minimum absolute atomic E-state index is 0.282. The third-order valence-corrected chi connectivity index (χ3v) is 4.15. The second kappa shape index (κ2) is 9.16. The second-order valence-electron chi connectivity index (χ2n) is 5.80. The highest BCUT2D eigenvalue weighted by atomic mass is 35.5. The highest BCUT2D eigenvalue weighted by Gasteiger charge is 2.17. The van der Waals surface area contributed by atoms with Gasteiger partial charge < -0.3 is 14.2 Å². The molecule has 0 aliphatic rings. The molecule has 0 saturated heterocycles. The number of benzene rings is 2. The standard InChI is InChI=1S/C19H17ClN4O5/c1-27-14-7-8-15(17(9-14)28-2)16(25)11-29-18(26)10-24-22-19(21-23-24)12-3-5-13(20)6-4-12/h3-9H,10-11H2,1-2H3. The number of ketones is 1. The number of tetrazole rings is 1. The van der Waals surface area contributed by atoms with Crippen molar-refractivity contribution in [2.75, 3.05) is 20.8 Å². The number of rotatable bonds is 8. The Hall–Kier alpha value is -3.46. The first-order chi connectivity index (χ1) is 14.0. The van der Waals surface area contributed by atoms with Crippen LogP contribution in [0.25, 0.3) is 11.4 Å². The van der Waals surface area contributed by atoms with E-state index in [1.54, 1.807) is 42.5 Å². The number of ether oxygens (including phenoxy) is 3. The van der Waals surface area contributed by atoms with Gasteiger partial charge >= 0.3 is 5.97 Å². The van der Waals surface area contributed by atoms with Gasteiger partial charge in [-0.05, 0) is 41.6 Å². The summed E-state index contributed by atoms with van der Waals surface area (Å²) in [6.07, 6.45) is 0. The number of carbonyl (C=O) groups is 2. The monoisotopic (exact) mass is 416 g/mol. The Morgan fingerprint density at radius 2 is 1.83 bits per heavy atom. The molecule has 1 heterocycles. The molecule has 150 valence electrons. The highest BCUT2D eigenvalue weighted by Crippen LogP contribution is 2.25. The number of esters is 1. The maximum atomic E-state index is 12.3. The largest absolute Gasteiger partial charge is 0.497 e. The minimum Gasteiger partial charge on any atom is -0.497 e. The molecule has 3 rings (SSSR count). The fourth-order valence-electron chi connectivity index (χ4n) is 2.44. The van der Waals surface area contributed by atoms with E-state index in [1.807, 2.05) is 0 Å². The smallest absolute Gasteiger partial charge is 0.330 e. The summed E-state index contributed by atoms with van der Waals surface area (Å²) in [7, 11) is 2.95. The zero-order valence-corrected chi connectivity index (χ0v) is 16.4. The summed E-state index contributed by atoms with van der Waals surface area (Å²) in [4.78, 5) is 25.4. The molecule has 0 unspecified atom stereocenters. The quantitative estimate of drug-likeness (QED) is 0.407. The van der Waals surface area contributed by atoms with E-state index in [0.717, 1.165) is 4.80 Å². The topological polar surface area (TPSA) is 105 Å². The Morgan fingerprint density at radius 3 is 2.52 bits per heavy atom. The molecule has 0 amide bonds. The third kappa shape index (κ3) is 5.08. The van der Waals surface area contributed by atoms with Crippen molar-refractivity contribution in [3.05, 3.63) is 53.1 Å². The zero-order valence-electron chi connectivity index (χ0n) is 15.7. The van der Waals surface area contributed by atoms with Crippen LogP contribution in [-0.4, -0.2) is 52.8 Å². The van der Waals surface area contributed by atoms with Gasteiger partial charge in [-0.2, -0.15) is 4.80 Å². The van der Waals surface area contributed by atoms with E-state index in [2.05, 4.69) is 15.4 Å². The highest BCUT2D eigenvalue weighted by molar-refractivity contribution is 6.30. The molecule has 3 aromatic rings. The first kappa shape index (κ1) is 20.3. The fraction of sp³-hybridized carbons (Fsp3) is 0.211. The van der Waals surface area contributed by atoms with Crippen LogP contribution in [0.15, 0.2) is 42.5 Å². The molecule has 0 aliphatic carbocycles. The van der Waals surface area contributed by atoms with Crippen LogP contribution < -0.4 is 9.47 Å². The molecule has 9 nitrogen and oxygen atoms in total. The molecule has 1 aromatic heterocycles. The van der Waals surface area contributed by atoms with Crippen molar-refractivity contribution < 1.29 is 23.8 Å². The Labute approximate surface area is 171 Å². The molecule has 0 N–H and O–H groups in total. The molecule has 29 heavy (non-hydrogen) atoms. The van der Waals surface area contributed by atoms with Crippen LogP contribution in [0.5, 0.6) is 11.5 Å². The molecule has 2 aromatic carbocycles. The van der Waals surface area contributed by atoms with Gasteiger partial charge in [0.05, 0.1) is 19.8 Å². The lowest BCUT2D eigenvalue weighted by Gasteiger charge is -2.09. The number of methoxy groups -OCH3 is 2. The molecule has 0 atom stereocenters. The molecular weight excluding hydrogens is 400 g/mol. The molecule has 0 fully saturated rings. The zero-order chi connectivity index (χ0) is 20.8. The van der Waals surface area contributed by atoms with E-state index in [-0.39, 0.29) is 12.1 Å². The van der Waals surface area contributed by atoms with Gasteiger partial charge in [0.1, 0.15) is 11.5 Å². The Balaban J connectivity index is 1.58. The predicted octanol–water partition coefficient (Wildman–Crippen LogP) is 2.44. The van der Waals surface area contributed by atoms with Gasteiger partial charge in [-0.3, -0.25) is 4.79 Å². The number of nitrogens with zero attached hydrogens (tertiary/aromatic N) is 4. The van der Waals surface area contributed by atoms with Gasteiger partial charge in [-0.1, -0.05) is 11.6 Å². The van der Waals surface area contributed by atoms with Gasteiger partial charge in [-0.15, -0.1) is 10.2 Å². The van der Waals surface area contributed by atoms with Crippen LogP contribution in [0.4, 0.5) is 0 Å². The average Bonchev–Trinajstić information content (AvgIpc) is 3.20. The fourth-order valence-corrected chi connectivity index (χ4v) is 2.56. The number of halogens is 1. The SMILES string of the molecule is COc1ccc(C(=O)COC(=O)Cn2nnc(-c3ccc(Cl)cc3)n2)c(OC)c1. The van der Waals surface area contributed by atoms with Crippen molar-refractivity contribution in [2.24, 2.45) is 0 Å². The summed E-state index contributed by atoms with van der Waals surface area (Å²) in [6, 6.07) is 11.6. The van der Waals surface area contributed by atoms with Crippen molar-refractivity contribution in [2.45, 2.75) is 6.54 Å². The van der Waals surface area contributed by atoms with E-state index in [1.165, 1.54) is 14.2 Å². The molecule has 0 radical (unpaired) electrons. The van der Waals surface area contributed by atoms with Crippen molar-refractivity contribution >= 4 is 23.4 Å². The number of aromatic nitrogens is 4. The summed E-state index contributed by atoms with van der Waals surface area (Å²) in [5.74, 6) is 0.130. The van der Waals surface area contributed by atoms with E-state index >= 15 is 0 Å². The molecule has 10 heteroatoms. The first-order valence-electron chi connectivity index (χ1n) is 8.44. The van der Waals surface area contributed by atoms with Crippen molar-refractivity contribution in [1.82, 2.24) is 20.2 Å². The first-order valence-corrected chi connectivity index (χ1v) is 8.82. The van der Waals surface area contributed by atoms with Crippen molar-refractivity contribution in [3.8, 4) is 22.9 Å². The van der Waals surface area contributed by atoms with Crippen LogP contribution in [0, 0.1) is 0 Å². The summed E-state index contributed by atoms with van der Waals surface area (Å²) in [6.45, 7) is -0.728. The molecule has 0 spiro atoms. The van der Waals surface area contributed by atoms with Gasteiger partial charge in [0.15, 0.2) is 13.2 Å². The van der Waals surface area contributed by atoms with Crippen LogP contribution in [0.3, 0.4) is 0 Å². The van der Waals surface area contributed by atoms with Crippen LogP contribution in [0.2, 0.25) is 5.02 Å². The number of Topliss-reactive ketones (excluding diaryl/α,β-unsaturated/α-hetero) is 1. The molecular formula is C19H17ClN4O5. The lowest BCUT2D eigenvalue weighted by molar-refractivity contribution is -0.143. The summed E-state index contributed by atoms with van der Waals surface area (Å²) >= 11 is 5.85. The molecule has 0 bridgehead atoms. The van der Waals surface area contributed by atoms with E-state index in [0.29, 0.717) is 27.9 Å². The van der Waals surface area contributed by atoms with Crippen LogP contribution >= 0.6 is 11.6 Å². The minimum atomic E-state index is -0.675. The Kier molecular flexibility index (Phi) is 6.40. The number of carbonyl (C=O) groups excluding carboxylic acids is 2. The van der Waals surface area contributed by atoms with E-state index in [4.69, 9.17) is 25.8 Å². The second-order valence-corrected chi connectivity index (χ2v) is 6.24. The number of hydrogen-bond donors (Lipinski definition) is 0. The maximum absolute atomic E-state index is 12.3. The Bertz CT molecular complexity index is 1020. The predicted molar refractivity (Wildman–Crippen MR) is 103 cm³/mol. The van der Waals surface area contributed by atoms with Gasteiger partial charge in [-0.25, -0.2) is 4.79 Å². The Morgan fingerprint density at radius 1 is 1.07 bits per heavy atom. The van der Waals surface area contributed by atoms with E-state index < -0.39 is 18.4 Å². The summed E-state index contributed by atoms with van der Waals surface area (Å²) < 4.78 is 15.3. The van der Waals surface area contributed by atoms with Crippen molar-refractivity contribution in [3.63, 3.8) is 0 Å². The average molecular weight is 417 g/mol. The molecule has 0 saturated carbocycles. The number of hydrogen-bond acceptors (Lipinski definition) is 8. The maximum Gasteiger partial charge on any atom is 0.330 e. The lowest BCUT2D eigenvalue weighted by atomic mass is 10.1. The summed E-state index contributed by atoms with van der Waals surface area (Å²) in [5.41, 5.74) is 0.987. The third-order valence-electron chi connectivity index (χ3n) is 3.90. The lowest BCUT2D eigenvalue weighted by Crippen LogP contribution is -2.20. The molecule has 0 aliphatic heterocycles. The van der Waals surface area contributed by atoms with Gasteiger partial charge in [0, 0.05) is 16.7 Å². The normalized spacial score (nSPS) is 10.4. The van der Waals surface area contributed by atoms with Crippen molar-refractivity contribution in [1.29, 1.82) is 0 Å².